The van der Waals surface area contributed by atoms with Crippen molar-refractivity contribution in [2.45, 2.75) is 20.4 Å². The lowest BCUT2D eigenvalue weighted by Crippen LogP contribution is -2.13. The standard InChI is InChI=1S/C11H16N6O/c1-4-12-5-9-6-13-8(2)15-10(9)18-11-14-7-17(3)16-11/h6-7,12H,4-5H2,1-3H3. The van der Waals surface area contributed by atoms with Gasteiger partial charge in [0, 0.05) is 25.4 Å². The molecular weight excluding hydrogens is 232 g/mol. The lowest BCUT2D eigenvalue weighted by atomic mass is 10.3. The molecule has 2 rings (SSSR count). The molecule has 2 aromatic heterocycles. The average molecular weight is 248 g/mol. The average Bonchev–Trinajstić information content (AvgIpc) is 2.74. The smallest absolute Gasteiger partial charge is 0.342 e. The quantitative estimate of drug-likeness (QED) is 0.844. The van der Waals surface area contributed by atoms with E-state index in [4.69, 9.17) is 4.74 Å². The van der Waals surface area contributed by atoms with Crippen LogP contribution >= 0.6 is 0 Å². The normalized spacial score (nSPS) is 10.6. The van der Waals surface area contributed by atoms with Crippen molar-refractivity contribution in [3.63, 3.8) is 0 Å². The zero-order chi connectivity index (χ0) is 13.0. The number of ether oxygens (including phenoxy) is 1. The number of aromatic nitrogens is 5. The minimum absolute atomic E-state index is 0.286. The van der Waals surface area contributed by atoms with Gasteiger partial charge < -0.3 is 10.1 Å². The Labute approximate surface area is 105 Å². The van der Waals surface area contributed by atoms with Crippen LogP contribution in [-0.4, -0.2) is 31.3 Å². The molecule has 7 heteroatoms. The fraction of sp³-hybridized carbons (Fsp3) is 0.455. The van der Waals surface area contributed by atoms with E-state index in [0.29, 0.717) is 18.2 Å². The van der Waals surface area contributed by atoms with Crippen LogP contribution in [0.2, 0.25) is 0 Å². The molecule has 0 atom stereocenters. The summed E-state index contributed by atoms with van der Waals surface area (Å²) in [4.78, 5) is 12.4. The molecule has 0 unspecified atom stereocenters. The van der Waals surface area contributed by atoms with Gasteiger partial charge in [0.25, 0.3) is 0 Å². The Morgan fingerprint density at radius 2 is 2.22 bits per heavy atom. The molecule has 0 aliphatic rings. The van der Waals surface area contributed by atoms with E-state index >= 15 is 0 Å². The number of nitrogens with zero attached hydrogens (tertiary/aromatic N) is 5. The highest BCUT2D eigenvalue weighted by atomic mass is 16.5. The van der Waals surface area contributed by atoms with Crippen molar-refractivity contribution >= 4 is 0 Å². The van der Waals surface area contributed by atoms with Crippen molar-refractivity contribution < 1.29 is 4.74 Å². The third-order valence-electron chi connectivity index (χ3n) is 2.28. The van der Waals surface area contributed by atoms with Crippen LogP contribution in [0.1, 0.15) is 18.3 Å². The summed E-state index contributed by atoms with van der Waals surface area (Å²) in [6.45, 7) is 5.37. The van der Waals surface area contributed by atoms with Crippen LogP contribution in [-0.2, 0) is 13.6 Å². The van der Waals surface area contributed by atoms with Crippen LogP contribution in [0.5, 0.6) is 11.9 Å². The molecule has 2 aromatic rings. The van der Waals surface area contributed by atoms with Gasteiger partial charge >= 0.3 is 6.01 Å². The fourth-order valence-electron chi connectivity index (χ4n) is 1.40. The molecule has 0 aliphatic heterocycles. The molecule has 2 heterocycles. The molecule has 1 N–H and O–H groups in total. The van der Waals surface area contributed by atoms with E-state index in [2.05, 4.69) is 25.4 Å². The number of nitrogens with one attached hydrogen (secondary N) is 1. The Morgan fingerprint density at radius 1 is 1.39 bits per heavy atom. The largest absolute Gasteiger partial charge is 0.404 e. The topological polar surface area (TPSA) is 77.8 Å². The van der Waals surface area contributed by atoms with Crippen LogP contribution in [0.4, 0.5) is 0 Å². The number of hydrogen-bond acceptors (Lipinski definition) is 6. The third kappa shape index (κ3) is 3.01. The summed E-state index contributed by atoms with van der Waals surface area (Å²) in [5, 5.41) is 7.27. The zero-order valence-corrected chi connectivity index (χ0v) is 10.7. The number of aryl methyl sites for hydroxylation is 2. The molecule has 0 radical (unpaired) electrons. The van der Waals surface area contributed by atoms with Crippen LogP contribution < -0.4 is 10.1 Å². The summed E-state index contributed by atoms with van der Waals surface area (Å²) in [6.07, 6.45) is 3.33. The maximum atomic E-state index is 5.57. The molecule has 96 valence electrons. The first-order chi connectivity index (χ1) is 8.69. The highest BCUT2D eigenvalue weighted by molar-refractivity contribution is 5.25. The van der Waals surface area contributed by atoms with Gasteiger partial charge in [0.2, 0.25) is 5.88 Å². The monoisotopic (exact) mass is 248 g/mol. The molecule has 7 nitrogen and oxygen atoms in total. The molecule has 0 amide bonds. The molecule has 0 aliphatic carbocycles. The first-order valence-corrected chi connectivity index (χ1v) is 5.75. The minimum Gasteiger partial charge on any atom is -0.404 e. The van der Waals surface area contributed by atoms with Gasteiger partial charge in [0.15, 0.2) is 0 Å². The van der Waals surface area contributed by atoms with Crippen LogP contribution in [0, 0.1) is 6.92 Å². The summed E-state index contributed by atoms with van der Waals surface area (Å²) in [5.74, 6) is 1.15. The van der Waals surface area contributed by atoms with Gasteiger partial charge in [-0.25, -0.2) is 4.98 Å². The molecule has 18 heavy (non-hydrogen) atoms. The van der Waals surface area contributed by atoms with Crippen LogP contribution in [0.25, 0.3) is 0 Å². The Morgan fingerprint density at radius 3 is 2.89 bits per heavy atom. The lowest BCUT2D eigenvalue weighted by molar-refractivity contribution is 0.412. The molecule has 0 fully saturated rings. The first kappa shape index (κ1) is 12.4. The summed E-state index contributed by atoms with van der Waals surface area (Å²) >= 11 is 0. The lowest BCUT2D eigenvalue weighted by Gasteiger charge is -2.08. The summed E-state index contributed by atoms with van der Waals surface area (Å²) in [5.41, 5.74) is 0.884. The molecule has 0 saturated heterocycles. The molecule has 0 spiro atoms. The highest BCUT2D eigenvalue weighted by Crippen LogP contribution is 2.19. The second-order valence-electron chi connectivity index (χ2n) is 3.83. The fourth-order valence-corrected chi connectivity index (χ4v) is 1.40. The van der Waals surface area contributed by atoms with Gasteiger partial charge in [-0.2, -0.15) is 9.97 Å². The van der Waals surface area contributed by atoms with Crippen molar-refractivity contribution in [3.8, 4) is 11.9 Å². The van der Waals surface area contributed by atoms with Crippen LogP contribution in [0.3, 0.4) is 0 Å². The van der Waals surface area contributed by atoms with E-state index in [1.165, 1.54) is 0 Å². The predicted molar refractivity (Wildman–Crippen MR) is 65.2 cm³/mol. The second-order valence-corrected chi connectivity index (χ2v) is 3.83. The Balaban J connectivity index is 2.21. The summed E-state index contributed by atoms with van der Waals surface area (Å²) in [7, 11) is 1.78. The third-order valence-corrected chi connectivity index (χ3v) is 2.28. The van der Waals surface area contributed by atoms with Gasteiger partial charge in [-0.1, -0.05) is 6.92 Å². The number of rotatable bonds is 5. The first-order valence-electron chi connectivity index (χ1n) is 5.75. The minimum atomic E-state index is 0.286. The van der Waals surface area contributed by atoms with E-state index in [0.717, 1.165) is 12.1 Å². The van der Waals surface area contributed by atoms with Crippen LogP contribution in [0.15, 0.2) is 12.5 Å². The Hall–Kier alpha value is -2.02. The second kappa shape index (κ2) is 5.54. The Bertz CT molecular complexity index is 524. The van der Waals surface area contributed by atoms with Gasteiger partial charge in [0.1, 0.15) is 12.2 Å². The van der Waals surface area contributed by atoms with E-state index in [1.807, 2.05) is 13.8 Å². The van der Waals surface area contributed by atoms with Gasteiger partial charge in [-0.15, -0.1) is 5.10 Å². The van der Waals surface area contributed by atoms with E-state index < -0.39 is 0 Å². The van der Waals surface area contributed by atoms with Crippen molar-refractivity contribution in [2.24, 2.45) is 7.05 Å². The molecule has 0 saturated carbocycles. The Kier molecular flexibility index (Phi) is 3.83. The van der Waals surface area contributed by atoms with Crippen molar-refractivity contribution in [1.29, 1.82) is 0 Å². The van der Waals surface area contributed by atoms with Crippen molar-refractivity contribution in [1.82, 2.24) is 30.0 Å². The predicted octanol–water partition coefficient (Wildman–Crippen LogP) is 0.815. The van der Waals surface area contributed by atoms with E-state index in [1.54, 1.807) is 24.3 Å². The molecule has 0 aromatic carbocycles. The van der Waals surface area contributed by atoms with Crippen molar-refractivity contribution in [3.05, 3.63) is 23.9 Å². The van der Waals surface area contributed by atoms with Gasteiger partial charge in [-0.05, 0) is 13.5 Å². The number of hydrogen-bond donors (Lipinski definition) is 1. The zero-order valence-electron chi connectivity index (χ0n) is 10.7. The highest BCUT2D eigenvalue weighted by Gasteiger charge is 2.10. The maximum Gasteiger partial charge on any atom is 0.342 e. The van der Waals surface area contributed by atoms with Crippen molar-refractivity contribution in [2.75, 3.05) is 6.54 Å². The summed E-state index contributed by atoms with van der Waals surface area (Å²) < 4.78 is 7.15. The van der Waals surface area contributed by atoms with E-state index in [9.17, 15) is 0 Å². The van der Waals surface area contributed by atoms with E-state index in [-0.39, 0.29) is 6.01 Å². The molecule has 0 bridgehead atoms. The van der Waals surface area contributed by atoms with Gasteiger partial charge in [-0.3, -0.25) is 4.68 Å². The van der Waals surface area contributed by atoms with Gasteiger partial charge in [0.05, 0.1) is 0 Å². The summed E-state index contributed by atoms with van der Waals surface area (Å²) in [6, 6.07) is 0.286. The SMILES string of the molecule is CCNCc1cnc(C)nc1Oc1ncn(C)n1. The maximum absolute atomic E-state index is 5.57. The molecular formula is C11H16N6O.